The Hall–Kier alpha value is -1.93. The molecule has 1 atom stereocenters. The summed E-state index contributed by atoms with van der Waals surface area (Å²) in [6.45, 7) is 2.13. The number of nitrogens with zero attached hydrogens (tertiary/aromatic N) is 3. The van der Waals surface area contributed by atoms with Gasteiger partial charge in [0, 0.05) is 18.8 Å². The van der Waals surface area contributed by atoms with E-state index in [1.165, 1.54) is 12.8 Å². The Balaban J connectivity index is 1.30. The average Bonchev–Trinajstić information content (AvgIpc) is 3.25. The van der Waals surface area contributed by atoms with Crippen molar-refractivity contribution < 1.29 is 14.3 Å². The van der Waals surface area contributed by atoms with Crippen LogP contribution < -0.4 is 5.32 Å². The van der Waals surface area contributed by atoms with Gasteiger partial charge in [-0.25, -0.2) is 0 Å². The molecule has 1 spiro atoms. The fraction of sp³-hybridized carbons (Fsp3) is 0.706. The number of hydrogen-bond donors (Lipinski definition) is 2. The molecule has 3 aliphatic rings. The topological polar surface area (TPSA) is 90.6 Å². The molecule has 1 saturated carbocycles. The highest BCUT2D eigenvalue weighted by Gasteiger charge is 2.51. The Morgan fingerprint density at radius 2 is 2.08 bits per heavy atom. The fourth-order valence-corrected chi connectivity index (χ4v) is 4.17. The molecule has 25 heavy (non-hydrogen) atoms. The highest BCUT2D eigenvalue weighted by molar-refractivity contribution is 5.93. The smallest absolute Gasteiger partial charge is 0.272 e. The molecule has 2 amide bonds. The van der Waals surface area contributed by atoms with Gasteiger partial charge in [0.1, 0.15) is 17.3 Å². The number of aromatic amines is 1. The van der Waals surface area contributed by atoms with E-state index in [1.807, 2.05) is 7.05 Å². The van der Waals surface area contributed by atoms with Crippen LogP contribution >= 0.6 is 0 Å². The predicted octanol–water partition coefficient (Wildman–Crippen LogP) is -0.00630. The summed E-state index contributed by atoms with van der Waals surface area (Å²) in [5.41, 5.74) is 0.141. The number of nitrogens with one attached hydrogen (secondary N) is 2. The van der Waals surface area contributed by atoms with Crippen molar-refractivity contribution in [1.29, 1.82) is 0 Å². The lowest BCUT2D eigenvalue weighted by molar-refractivity contribution is -0.187. The number of likely N-dealkylation sites (N-methyl/N-ethyl adjacent to an activating group) is 1. The standard InChI is InChI=1S/C17H25N5O3/c1-21-9-17(10-22(11-17)16(24)13-6-7-18-20-13)25-8-14(21)15(23)19-12-4-2-3-5-12/h6-7,12,14H,2-5,8-11H2,1H3,(H,18,20)(H,19,23). The van der Waals surface area contributed by atoms with Gasteiger partial charge in [-0.05, 0) is 26.0 Å². The monoisotopic (exact) mass is 347 g/mol. The van der Waals surface area contributed by atoms with Gasteiger partial charge in [-0.2, -0.15) is 5.10 Å². The van der Waals surface area contributed by atoms with Crippen LogP contribution in [0.25, 0.3) is 0 Å². The molecule has 1 unspecified atom stereocenters. The van der Waals surface area contributed by atoms with E-state index in [4.69, 9.17) is 4.74 Å². The number of aromatic nitrogens is 2. The SMILES string of the molecule is CN1CC2(CN(C(=O)c3ccn[nH]3)C2)OCC1C(=O)NC1CCCC1. The van der Waals surface area contributed by atoms with Crippen molar-refractivity contribution in [3.05, 3.63) is 18.0 Å². The van der Waals surface area contributed by atoms with Crippen molar-refractivity contribution >= 4 is 11.8 Å². The summed E-state index contributed by atoms with van der Waals surface area (Å²) in [4.78, 5) is 28.6. The molecule has 1 aromatic rings. The molecule has 1 aromatic heterocycles. The third-order valence-corrected chi connectivity index (χ3v) is 5.60. The van der Waals surface area contributed by atoms with Crippen molar-refractivity contribution in [1.82, 2.24) is 25.3 Å². The summed E-state index contributed by atoms with van der Waals surface area (Å²) in [5.74, 6) is 0.00411. The predicted molar refractivity (Wildman–Crippen MR) is 90.0 cm³/mol. The number of amides is 2. The lowest BCUT2D eigenvalue weighted by Crippen LogP contribution is -2.73. The molecule has 136 valence electrons. The third-order valence-electron chi connectivity index (χ3n) is 5.60. The summed E-state index contributed by atoms with van der Waals surface area (Å²) >= 11 is 0. The minimum Gasteiger partial charge on any atom is -0.368 e. The average molecular weight is 347 g/mol. The first-order valence-corrected chi connectivity index (χ1v) is 9.00. The minimum atomic E-state index is -0.353. The zero-order valence-corrected chi connectivity index (χ0v) is 14.5. The van der Waals surface area contributed by atoms with E-state index < -0.39 is 0 Å². The fourth-order valence-electron chi connectivity index (χ4n) is 4.17. The third kappa shape index (κ3) is 3.16. The van der Waals surface area contributed by atoms with Crippen LogP contribution in [0.3, 0.4) is 0 Å². The molecule has 4 rings (SSSR count). The normalized spacial score (nSPS) is 26.6. The van der Waals surface area contributed by atoms with Gasteiger partial charge in [0.2, 0.25) is 5.91 Å². The maximum absolute atomic E-state index is 12.5. The van der Waals surface area contributed by atoms with Crippen LogP contribution in [-0.4, -0.2) is 82.8 Å². The Labute approximate surface area is 146 Å². The van der Waals surface area contributed by atoms with Crippen molar-refractivity contribution in [2.24, 2.45) is 0 Å². The summed E-state index contributed by atoms with van der Waals surface area (Å²) < 4.78 is 6.05. The van der Waals surface area contributed by atoms with Gasteiger partial charge in [0.15, 0.2) is 0 Å². The second kappa shape index (κ2) is 6.42. The summed E-state index contributed by atoms with van der Waals surface area (Å²) in [6.07, 6.45) is 6.13. The van der Waals surface area contributed by atoms with Crippen molar-refractivity contribution in [2.75, 3.05) is 33.3 Å². The van der Waals surface area contributed by atoms with Crippen molar-refractivity contribution in [2.45, 2.75) is 43.4 Å². The Kier molecular flexibility index (Phi) is 4.24. The second-order valence-electron chi connectivity index (χ2n) is 7.55. The van der Waals surface area contributed by atoms with Gasteiger partial charge in [-0.15, -0.1) is 0 Å². The lowest BCUT2D eigenvalue weighted by atomic mass is 9.90. The number of hydrogen-bond acceptors (Lipinski definition) is 5. The number of carbonyl (C=O) groups excluding carboxylic acids is 2. The van der Waals surface area contributed by atoms with Gasteiger partial charge < -0.3 is 15.0 Å². The van der Waals surface area contributed by atoms with E-state index in [-0.39, 0.29) is 23.5 Å². The van der Waals surface area contributed by atoms with E-state index >= 15 is 0 Å². The maximum Gasteiger partial charge on any atom is 0.272 e. The quantitative estimate of drug-likeness (QED) is 0.803. The maximum atomic E-state index is 12.5. The molecule has 3 heterocycles. The van der Waals surface area contributed by atoms with Crippen molar-refractivity contribution in [3.63, 3.8) is 0 Å². The first-order chi connectivity index (χ1) is 12.1. The molecular weight excluding hydrogens is 322 g/mol. The molecule has 0 aromatic carbocycles. The highest BCUT2D eigenvalue weighted by atomic mass is 16.5. The molecular formula is C17H25N5O3. The molecule has 2 saturated heterocycles. The molecule has 0 bridgehead atoms. The van der Waals surface area contributed by atoms with Crippen LogP contribution in [0.15, 0.2) is 12.3 Å². The second-order valence-corrected chi connectivity index (χ2v) is 7.55. The molecule has 2 N–H and O–H groups in total. The molecule has 8 heteroatoms. The van der Waals surface area contributed by atoms with E-state index in [2.05, 4.69) is 20.4 Å². The first kappa shape index (κ1) is 16.5. The van der Waals surface area contributed by atoms with Gasteiger partial charge >= 0.3 is 0 Å². The van der Waals surface area contributed by atoms with Gasteiger partial charge in [-0.3, -0.25) is 19.6 Å². The van der Waals surface area contributed by atoms with Crippen LogP contribution in [0.2, 0.25) is 0 Å². The van der Waals surface area contributed by atoms with E-state index in [0.717, 1.165) is 12.8 Å². The number of H-pyrrole nitrogens is 1. The van der Waals surface area contributed by atoms with Crippen LogP contribution in [0.1, 0.15) is 36.2 Å². The van der Waals surface area contributed by atoms with Gasteiger partial charge in [0.25, 0.3) is 5.91 Å². The Morgan fingerprint density at radius 3 is 2.72 bits per heavy atom. The molecule has 8 nitrogen and oxygen atoms in total. The van der Waals surface area contributed by atoms with Crippen LogP contribution in [0.4, 0.5) is 0 Å². The van der Waals surface area contributed by atoms with Crippen molar-refractivity contribution in [3.8, 4) is 0 Å². The number of rotatable bonds is 3. The number of likely N-dealkylation sites (tertiary alicyclic amines) is 1. The zero-order chi connectivity index (χ0) is 17.4. The Morgan fingerprint density at radius 1 is 1.32 bits per heavy atom. The van der Waals surface area contributed by atoms with E-state index in [1.54, 1.807) is 17.2 Å². The summed E-state index contributed by atoms with van der Waals surface area (Å²) in [6, 6.07) is 1.75. The number of carbonyl (C=O) groups is 2. The summed E-state index contributed by atoms with van der Waals surface area (Å²) in [5, 5.41) is 9.66. The van der Waals surface area contributed by atoms with E-state index in [9.17, 15) is 9.59 Å². The molecule has 3 fully saturated rings. The van der Waals surface area contributed by atoms with Crippen LogP contribution in [0.5, 0.6) is 0 Å². The molecule has 0 radical (unpaired) electrons. The first-order valence-electron chi connectivity index (χ1n) is 9.00. The van der Waals surface area contributed by atoms with E-state index in [0.29, 0.717) is 38.0 Å². The lowest BCUT2D eigenvalue weighted by Gasteiger charge is -2.54. The minimum absolute atomic E-state index is 0.0597. The van der Waals surface area contributed by atoms with Crippen LogP contribution in [0, 0.1) is 0 Å². The zero-order valence-electron chi connectivity index (χ0n) is 14.5. The van der Waals surface area contributed by atoms with Gasteiger partial charge in [-0.1, -0.05) is 12.8 Å². The largest absolute Gasteiger partial charge is 0.368 e. The number of morpholine rings is 1. The molecule has 2 aliphatic heterocycles. The summed E-state index contributed by atoms with van der Waals surface area (Å²) in [7, 11) is 1.96. The molecule has 1 aliphatic carbocycles. The Bertz CT molecular complexity index is 635. The van der Waals surface area contributed by atoms with Crippen LogP contribution in [-0.2, 0) is 9.53 Å². The van der Waals surface area contributed by atoms with Gasteiger partial charge in [0.05, 0.1) is 19.7 Å². The number of ether oxygens (including phenoxy) is 1. The highest BCUT2D eigenvalue weighted by Crippen LogP contribution is 2.31.